The number of halogens is 1. The van der Waals surface area contributed by atoms with E-state index in [1.54, 1.807) is 12.1 Å². The fourth-order valence-corrected chi connectivity index (χ4v) is 5.37. The highest BCUT2D eigenvalue weighted by atomic mass is 19.1. The van der Waals surface area contributed by atoms with Gasteiger partial charge in [0.1, 0.15) is 17.0 Å². The lowest BCUT2D eigenvalue weighted by Crippen LogP contribution is -2.07. The molecule has 0 N–H and O–H groups in total. The first kappa shape index (κ1) is 18.6. The van der Waals surface area contributed by atoms with E-state index < -0.39 is 0 Å². The van der Waals surface area contributed by atoms with Gasteiger partial charge in [0.05, 0.1) is 5.69 Å². The molecule has 3 heteroatoms. The van der Waals surface area contributed by atoms with E-state index >= 15 is 4.39 Å². The number of aryl methyl sites for hydroxylation is 1. The Balaban J connectivity index is 1.66. The van der Waals surface area contributed by atoms with Crippen molar-refractivity contribution in [3.63, 3.8) is 0 Å². The zero-order valence-electron chi connectivity index (χ0n) is 17.6. The Morgan fingerprint density at radius 1 is 0.903 bits per heavy atom. The summed E-state index contributed by atoms with van der Waals surface area (Å²) in [5.74, 6) is 0.230. The summed E-state index contributed by atoms with van der Waals surface area (Å²) in [5.41, 5.74) is 5.59. The van der Waals surface area contributed by atoms with Crippen LogP contribution >= 0.6 is 0 Å². The standard InChI is InChI=1S/C28H24FNO/c1-17-14-21-19-10-5-6-13-25(19)31-28(21)22(15-17)27-20-11-7-12-24(29)26(20)23(16-30-27)18-8-3-2-4-9-18/h5-7,10-16,18H,2-4,8-9H2,1H3. The number of hydrogen-bond acceptors (Lipinski definition) is 2. The third-order valence-corrected chi connectivity index (χ3v) is 6.81. The highest BCUT2D eigenvalue weighted by Crippen LogP contribution is 2.42. The van der Waals surface area contributed by atoms with Crippen LogP contribution < -0.4 is 0 Å². The van der Waals surface area contributed by atoms with Crippen LogP contribution in [0.25, 0.3) is 44.0 Å². The molecule has 31 heavy (non-hydrogen) atoms. The van der Waals surface area contributed by atoms with Gasteiger partial charge in [-0.1, -0.05) is 49.6 Å². The van der Waals surface area contributed by atoms with Crippen LogP contribution in [-0.4, -0.2) is 4.98 Å². The van der Waals surface area contributed by atoms with E-state index in [1.165, 1.54) is 19.3 Å². The van der Waals surface area contributed by atoms with Crippen LogP contribution in [-0.2, 0) is 0 Å². The molecule has 1 fully saturated rings. The Hall–Kier alpha value is -3.20. The van der Waals surface area contributed by atoms with E-state index in [9.17, 15) is 0 Å². The quantitative estimate of drug-likeness (QED) is 0.293. The summed E-state index contributed by atoms with van der Waals surface area (Å²) >= 11 is 0. The van der Waals surface area contributed by atoms with Crippen LogP contribution in [0.15, 0.2) is 65.2 Å². The van der Waals surface area contributed by atoms with Crippen LogP contribution in [0.5, 0.6) is 0 Å². The fraction of sp³-hybridized carbons (Fsp3) is 0.250. The summed E-state index contributed by atoms with van der Waals surface area (Å²) in [5, 5.41) is 3.77. The molecular formula is C28H24FNO. The first-order valence-corrected chi connectivity index (χ1v) is 11.2. The molecule has 2 nitrogen and oxygen atoms in total. The molecule has 0 radical (unpaired) electrons. The average Bonchev–Trinajstić information content (AvgIpc) is 3.17. The summed E-state index contributed by atoms with van der Waals surface area (Å²) in [4.78, 5) is 4.93. The van der Waals surface area contributed by atoms with Gasteiger partial charge in [0.25, 0.3) is 0 Å². The molecule has 154 valence electrons. The van der Waals surface area contributed by atoms with E-state index in [1.807, 2.05) is 30.5 Å². The number of benzene rings is 3. The zero-order chi connectivity index (χ0) is 20.9. The van der Waals surface area contributed by atoms with Gasteiger partial charge in [0.15, 0.2) is 0 Å². The van der Waals surface area contributed by atoms with E-state index in [2.05, 4.69) is 25.1 Å². The molecule has 5 aromatic rings. The van der Waals surface area contributed by atoms with Crippen LogP contribution in [0, 0.1) is 12.7 Å². The smallest absolute Gasteiger partial charge is 0.144 e. The highest BCUT2D eigenvalue weighted by Gasteiger charge is 2.23. The van der Waals surface area contributed by atoms with Gasteiger partial charge < -0.3 is 4.42 Å². The van der Waals surface area contributed by atoms with Crippen molar-refractivity contribution in [2.45, 2.75) is 44.9 Å². The molecule has 0 saturated heterocycles. The maximum Gasteiger partial charge on any atom is 0.144 e. The number of para-hydroxylation sites is 1. The van der Waals surface area contributed by atoms with Crippen LogP contribution in [0.3, 0.4) is 0 Å². The molecule has 1 saturated carbocycles. The topological polar surface area (TPSA) is 26.0 Å². The second-order valence-electron chi connectivity index (χ2n) is 8.85. The summed E-state index contributed by atoms with van der Waals surface area (Å²) in [6, 6.07) is 17.7. The Kier molecular flexibility index (Phi) is 4.31. The predicted octanol–water partition coefficient (Wildman–Crippen LogP) is 8.30. The second-order valence-corrected chi connectivity index (χ2v) is 8.85. The van der Waals surface area contributed by atoms with E-state index in [0.29, 0.717) is 5.92 Å². The van der Waals surface area contributed by atoms with Crippen molar-refractivity contribution in [2.75, 3.05) is 0 Å². The molecule has 3 aromatic carbocycles. The number of fused-ring (bicyclic) bond motifs is 4. The van der Waals surface area contributed by atoms with Gasteiger partial charge in [-0.3, -0.25) is 4.98 Å². The van der Waals surface area contributed by atoms with E-state index in [4.69, 9.17) is 9.40 Å². The van der Waals surface area contributed by atoms with Crippen molar-refractivity contribution >= 4 is 32.7 Å². The summed E-state index contributed by atoms with van der Waals surface area (Å²) < 4.78 is 21.5. The van der Waals surface area contributed by atoms with Gasteiger partial charge in [-0.15, -0.1) is 0 Å². The molecule has 0 bridgehead atoms. The SMILES string of the molecule is Cc1cc(-c2ncc(C3CCCCC3)c3c(F)cccc23)c2oc3ccccc3c2c1. The maximum absolute atomic E-state index is 15.2. The summed E-state index contributed by atoms with van der Waals surface area (Å²) in [6.45, 7) is 2.09. The minimum atomic E-state index is -0.157. The summed E-state index contributed by atoms with van der Waals surface area (Å²) in [6.07, 6.45) is 7.84. The minimum Gasteiger partial charge on any atom is -0.455 e. The van der Waals surface area contributed by atoms with E-state index in [-0.39, 0.29) is 5.82 Å². The molecule has 1 aliphatic rings. The van der Waals surface area contributed by atoms with Crippen molar-refractivity contribution < 1.29 is 8.81 Å². The van der Waals surface area contributed by atoms with Crippen molar-refractivity contribution in [3.8, 4) is 11.3 Å². The van der Waals surface area contributed by atoms with Gasteiger partial charge >= 0.3 is 0 Å². The first-order valence-electron chi connectivity index (χ1n) is 11.2. The molecule has 2 aromatic heterocycles. The van der Waals surface area contributed by atoms with Gasteiger partial charge in [0.2, 0.25) is 0 Å². The zero-order valence-corrected chi connectivity index (χ0v) is 17.6. The molecule has 0 spiro atoms. The average molecular weight is 410 g/mol. The fourth-order valence-electron chi connectivity index (χ4n) is 5.37. The lowest BCUT2D eigenvalue weighted by Gasteiger charge is -2.24. The molecular weight excluding hydrogens is 385 g/mol. The Labute approximate surface area is 180 Å². The number of aromatic nitrogens is 1. The van der Waals surface area contributed by atoms with Crippen LogP contribution in [0.2, 0.25) is 0 Å². The first-order chi connectivity index (χ1) is 15.2. The van der Waals surface area contributed by atoms with Crippen molar-refractivity contribution in [3.05, 3.63) is 77.7 Å². The molecule has 0 unspecified atom stereocenters. The van der Waals surface area contributed by atoms with Crippen LogP contribution in [0.4, 0.5) is 4.39 Å². The third kappa shape index (κ3) is 2.95. The number of hydrogen-bond donors (Lipinski definition) is 0. The van der Waals surface area contributed by atoms with Gasteiger partial charge in [0, 0.05) is 33.3 Å². The number of rotatable bonds is 2. The van der Waals surface area contributed by atoms with Gasteiger partial charge in [-0.2, -0.15) is 0 Å². The van der Waals surface area contributed by atoms with Crippen molar-refractivity contribution in [1.29, 1.82) is 0 Å². The second kappa shape index (κ2) is 7.19. The molecule has 0 atom stereocenters. The normalized spacial score (nSPS) is 15.3. The third-order valence-electron chi connectivity index (χ3n) is 6.81. The van der Waals surface area contributed by atoms with Crippen molar-refractivity contribution in [2.24, 2.45) is 0 Å². The molecule has 0 amide bonds. The highest BCUT2D eigenvalue weighted by molar-refractivity contribution is 6.12. The van der Waals surface area contributed by atoms with Gasteiger partial charge in [-0.25, -0.2) is 4.39 Å². The molecule has 1 aliphatic carbocycles. The number of furan rings is 1. The van der Waals surface area contributed by atoms with Gasteiger partial charge in [-0.05, 0) is 61.1 Å². The Morgan fingerprint density at radius 3 is 2.58 bits per heavy atom. The molecule has 0 aliphatic heterocycles. The minimum absolute atomic E-state index is 0.157. The lowest BCUT2D eigenvalue weighted by molar-refractivity contribution is 0.444. The molecule has 2 heterocycles. The largest absolute Gasteiger partial charge is 0.455 e. The Morgan fingerprint density at radius 2 is 1.71 bits per heavy atom. The maximum atomic E-state index is 15.2. The number of pyridine rings is 1. The van der Waals surface area contributed by atoms with Crippen molar-refractivity contribution in [1.82, 2.24) is 4.98 Å². The summed E-state index contributed by atoms with van der Waals surface area (Å²) in [7, 11) is 0. The Bertz CT molecular complexity index is 1440. The number of nitrogens with zero attached hydrogens (tertiary/aromatic N) is 1. The van der Waals surface area contributed by atoms with E-state index in [0.717, 1.165) is 67.9 Å². The monoisotopic (exact) mass is 409 g/mol. The van der Waals surface area contributed by atoms with Crippen LogP contribution in [0.1, 0.15) is 49.1 Å². The molecule has 6 rings (SSSR count). The lowest BCUT2D eigenvalue weighted by atomic mass is 9.82. The predicted molar refractivity (Wildman–Crippen MR) is 125 cm³/mol.